The van der Waals surface area contributed by atoms with Crippen molar-refractivity contribution in [2.24, 2.45) is 5.92 Å². The maximum atomic E-state index is 12.9. The van der Waals surface area contributed by atoms with Gasteiger partial charge < -0.3 is 95.6 Å². The van der Waals surface area contributed by atoms with Crippen molar-refractivity contribution in [1.29, 1.82) is 0 Å². The second kappa shape index (κ2) is 22.6. The molecule has 0 radical (unpaired) electrons. The molecule has 0 aromatic heterocycles. The Balaban J connectivity index is 1.79. The maximum Gasteiger partial charge on any atom is 0.364 e. The molecule has 15 atom stereocenters. The van der Waals surface area contributed by atoms with Crippen molar-refractivity contribution in [2.45, 2.75) is 125 Å². The average molecular weight is 811 g/mol. The Kier molecular flexibility index (Phi) is 19.3. The van der Waals surface area contributed by atoms with Gasteiger partial charge in [-0.05, 0) is 24.4 Å². The monoisotopic (exact) mass is 810 g/mol. The highest BCUT2D eigenvalue weighted by Gasteiger charge is 2.55. The quantitative estimate of drug-likeness (QED) is 0.0362. The number of hydrogen-bond acceptors (Lipinski definition) is 19. The maximum absolute atomic E-state index is 12.9. The van der Waals surface area contributed by atoms with Gasteiger partial charge in [-0.3, -0.25) is 4.79 Å². The van der Waals surface area contributed by atoms with E-state index in [1.54, 1.807) is 30.3 Å². The number of carboxylic acid groups (broad SMARTS) is 1. The second-order valence-electron chi connectivity index (χ2n) is 14.3. The zero-order valence-electron chi connectivity index (χ0n) is 31.1. The summed E-state index contributed by atoms with van der Waals surface area (Å²) in [6.07, 6.45) is -26.0. The lowest BCUT2D eigenvalue weighted by Gasteiger charge is -2.47. The third-order valence-electron chi connectivity index (χ3n) is 9.34. The summed E-state index contributed by atoms with van der Waals surface area (Å²) in [4.78, 5) is 25.4. The number of carboxylic acids is 1. The zero-order valence-corrected chi connectivity index (χ0v) is 31.1. The summed E-state index contributed by atoms with van der Waals surface area (Å²) < 4.78 is 27.6. The van der Waals surface area contributed by atoms with Gasteiger partial charge in [0, 0.05) is 13.0 Å². The number of aliphatic hydroxyl groups excluding tert-OH is 10. The van der Waals surface area contributed by atoms with E-state index >= 15 is 0 Å². The number of ether oxygens (including phenoxy) is 5. The van der Waals surface area contributed by atoms with E-state index in [9.17, 15) is 70.9 Å². The molecule has 0 bridgehead atoms. The van der Waals surface area contributed by atoms with E-state index in [2.05, 4.69) is 10.6 Å². The molecule has 322 valence electrons. The molecule has 3 rings (SSSR count). The van der Waals surface area contributed by atoms with Crippen LogP contribution in [-0.2, 0) is 39.7 Å². The number of carbonyl (C=O) groups excluding carboxylic acids is 1. The van der Waals surface area contributed by atoms with Gasteiger partial charge in [0.25, 0.3) is 5.79 Å². The minimum Gasteiger partial charge on any atom is -0.477 e. The highest BCUT2D eigenvalue weighted by Crippen LogP contribution is 2.33. The standard InChI is InChI=1S/C35H58N2O19/c1-17(2)13-36-8-9-52-32-28(47)27(46)30(24(16-40)54-32)55-33-29(48)31(26(45)23(15-39)53-33)56-35(51,34(49)50)12-21(42)19(11-20(41)22(43)14-38)37-25(44)10-18-6-4-3-5-7-18/h3-7,17,19-24,26-33,36,38-43,45-48,51H,8-16H2,1-2H3,(H,37,44)(H,49,50)/t19-,20-,21?,22+,23?,24?,26-,27?,28?,29?,30+,31?,32+,33-,35-/m0/s1. The molecule has 2 heterocycles. The molecular weight excluding hydrogens is 752 g/mol. The zero-order chi connectivity index (χ0) is 41.7. The Morgan fingerprint density at radius 1 is 0.839 bits per heavy atom. The molecule has 7 unspecified atom stereocenters. The van der Waals surface area contributed by atoms with E-state index in [1.807, 2.05) is 13.8 Å². The lowest BCUT2D eigenvalue weighted by molar-refractivity contribution is -0.374. The molecular formula is C35H58N2O19. The summed E-state index contributed by atoms with van der Waals surface area (Å²) in [6.45, 7) is 2.41. The molecule has 1 amide bonds. The van der Waals surface area contributed by atoms with Gasteiger partial charge in [0.15, 0.2) is 12.6 Å². The van der Waals surface area contributed by atoms with Crippen LogP contribution >= 0.6 is 0 Å². The van der Waals surface area contributed by atoms with Gasteiger partial charge in [-0.1, -0.05) is 44.2 Å². The Bertz CT molecular complexity index is 1310. The number of amides is 1. The van der Waals surface area contributed by atoms with E-state index in [1.165, 1.54) is 0 Å². The summed E-state index contributed by atoms with van der Waals surface area (Å²) in [5, 5.41) is 132. The number of hydrogen-bond donors (Lipinski definition) is 14. The van der Waals surface area contributed by atoms with E-state index in [0.717, 1.165) is 0 Å². The first-order chi connectivity index (χ1) is 26.5. The summed E-state index contributed by atoms with van der Waals surface area (Å²) in [5.41, 5.74) is 0.544. The molecule has 0 saturated carbocycles. The average Bonchev–Trinajstić information content (AvgIpc) is 3.16. The predicted octanol–water partition coefficient (Wildman–Crippen LogP) is -5.75. The van der Waals surface area contributed by atoms with Crippen LogP contribution in [0.3, 0.4) is 0 Å². The normalized spacial score (nSPS) is 31.6. The van der Waals surface area contributed by atoms with Gasteiger partial charge in [0.2, 0.25) is 5.91 Å². The number of carbonyl (C=O) groups is 2. The topological polar surface area (TPSA) is 347 Å². The largest absolute Gasteiger partial charge is 0.477 e. The second-order valence-corrected chi connectivity index (χ2v) is 14.3. The van der Waals surface area contributed by atoms with Crippen molar-refractivity contribution in [2.75, 3.05) is 39.5 Å². The lowest BCUT2D eigenvalue weighted by atomic mass is 9.93. The summed E-state index contributed by atoms with van der Waals surface area (Å²) in [6, 6.07) is 6.71. The fourth-order valence-corrected chi connectivity index (χ4v) is 6.18. The Morgan fingerprint density at radius 2 is 1.48 bits per heavy atom. The van der Waals surface area contributed by atoms with Crippen LogP contribution in [0.25, 0.3) is 0 Å². The molecule has 2 fully saturated rings. The smallest absolute Gasteiger partial charge is 0.364 e. The minimum atomic E-state index is -3.48. The number of benzene rings is 1. The molecule has 2 aliphatic rings. The van der Waals surface area contributed by atoms with Gasteiger partial charge in [-0.15, -0.1) is 0 Å². The van der Waals surface area contributed by atoms with Crippen molar-refractivity contribution in [1.82, 2.24) is 10.6 Å². The molecule has 21 heteroatoms. The highest BCUT2D eigenvalue weighted by atomic mass is 16.7. The van der Waals surface area contributed by atoms with Crippen LogP contribution in [0.2, 0.25) is 0 Å². The molecule has 14 N–H and O–H groups in total. The van der Waals surface area contributed by atoms with Crippen LogP contribution in [0.5, 0.6) is 0 Å². The van der Waals surface area contributed by atoms with Crippen molar-refractivity contribution < 1.29 is 94.6 Å². The Labute approximate surface area is 323 Å². The Hall–Kier alpha value is -2.52. The van der Waals surface area contributed by atoms with Crippen molar-refractivity contribution in [3.8, 4) is 0 Å². The molecule has 21 nitrogen and oxygen atoms in total. The van der Waals surface area contributed by atoms with Crippen LogP contribution in [0, 0.1) is 5.92 Å². The first kappa shape index (κ1) is 47.9. The molecule has 2 aliphatic heterocycles. The van der Waals surface area contributed by atoms with E-state index in [-0.39, 0.29) is 13.0 Å². The van der Waals surface area contributed by atoms with E-state index in [4.69, 9.17) is 23.7 Å². The van der Waals surface area contributed by atoms with Gasteiger partial charge >= 0.3 is 5.97 Å². The first-order valence-electron chi connectivity index (χ1n) is 18.3. The van der Waals surface area contributed by atoms with Crippen molar-refractivity contribution >= 4 is 11.9 Å². The third kappa shape index (κ3) is 13.3. The highest BCUT2D eigenvalue weighted by molar-refractivity contribution is 5.79. The minimum absolute atomic E-state index is 0.0531. The van der Waals surface area contributed by atoms with Gasteiger partial charge in [-0.25, -0.2) is 4.79 Å². The molecule has 1 aromatic carbocycles. The molecule has 2 saturated heterocycles. The van der Waals surface area contributed by atoms with Crippen molar-refractivity contribution in [3.63, 3.8) is 0 Å². The third-order valence-corrected chi connectivity index (χ3v) is 9.34. The number of rotatable bonds is 23. The molecule has 1 aromatic rings. The number of nitrogens with one attached hydrogen (secondary N) is 2. The van der Waals surface area contributed by atoms with Crippen LogP contribution < -0.4 is 10.6 Å². The number of aliphatic hydroxyl groups is 11. The van der Waals surface area contributed by atoms with Crippen molar-refractivity contribution in [3.05, 3.63) is 35.9 Å². The lowest BCUT2D eigenvalue weighted by Crippen LogP contribution is -2.66. The van der Waals surface area contributed by atoms with E-state index in [0.29, 0.717) is 24.6 Å². The Morgan fingerprint density at radius 3 is 2.07 bits per heavy atom. The molecule has 0 spiro atoms. The van der Waals surface area contributed by atoms with Crippen LogP contribution in [-0.4, -0.2) is 204 Å². The summed E-state index contributed by atoms with van der Waals surface area (Å²) >= 11 is 0. The fraction of sp³-hybridized carbons (Fsp3) is 0.771. The molecule has 56 heavy (non-hydrogen) atoms. The molecule has 0 aliphatic carbocycles. The number of aliphatic carboxylic acids is 1. The summed E-state index contributed by atoms with van der Waals surface area (Å²) in [5.74, 6) is -6.00. The fourth-order valence-electron chi connectivity index (χ4n) is 6.18. The SMILES string of the molecule is CC(C)CNCCO[C@@H]1OC(CO)[C@@H](O[C@@H]2OC(CO)[C@H](O)C(O[C@@](O)(CC(O)[C@H](C[C@H](O)[C@H](O)CO)NC(=O)Cc3ccccc3)C(=O)O)C2O)C(O)C1O. The summed E-state index contributed by atoms with van der Waals surface area (Å²) in [7, 11) is 0. The van der Waals surface area contributed by atoms with Gasteiger partial charge in [0.1, 0.15) is 54.9 Å². The predicted molar refractivity (Wildman–Crippen MR) is 188 cm³/mol. The van der Waals surface area contributed by atoms with Gasteiger partial charge in [0.05, 0.1) is 51.1 Å². The van der Waals surface area contributed by atoms with Crippen LogP contribution in [0.1, 0.15) is 32.3 Å². The first-order valence-corrected chi connectivity index (χ1v) is 18.3. The van der Waals surface area contributed by atoms with Crippen LogP contribution in [0.4, 0.5) is 0 Å². The van der Waals surface area contributed by atoms with E-state index < -0.39 is 136 Å². The van der Waals surface area contributed by atoms with Crippen LogP contribution in [0.15, 0.2) is 30.3 Å². The van der Waals surface area contributed by atoms with Gasteiger partial charge in [-0.2, -0.15) is 0 Å².